The van der Waals surface area contributed by atoms with Gasteiger partial charge in [-0.1, -0.05) is 36.4 Å². The zero-order valence-corrected chi connectivity index (χ0v) is 14.2. The highest BCUT2D eigenvalue weighted by Gasteiger charge is 2.24. The summed E-state index contributed by atoms with van der Waals surface area (Å²) >= 11 is 0. The van der Waals surface area contributed by atoms with Crippen LogP contribution in [0.15, 0.2) is 42.5 Å². The van der Waals surface area contributed by atoms with Crippen LogP contribution in [0.4, 0.5) is 0 Å². The first-order chi connectivity index (χ1) is 10.8. The second-order valence-corrected chi connectivity index (χ2v) is 6.11. The van der Waals surface area contributed by atoms with Crippen LogP contribution in [0.25, 0.3) is 0 Å². The van der Waals surface area contributed by atoms with Crippen molar-refractivity contribution < 1.29 is 19.1 Å². The molecule has 0 aromatic heterocycles. The van der Waals surface area contributed by atoms with Crippen LogP contribution in [0.2, 0.25) is 0 Å². The Morgan fingerprint density at radius 1 is 1.22 bits per heavy atom. The summed E-state index contributed by atoms with van der Waals surface area (Å²) in [5.41, 5.74) is 0.489. The van der Waals surface area contributed by atoms with Crippen LogP contribution in [0.5, 0.6) is 0 Å². The number of nitrogens with one attached hydrogen (secondary N) is 1. The SMILES string of the molecule is COC(=O)C=CCN[C@@H](Cc1ccccc1)C(=O)OC(C)(C)C. The highest BCUT2D eigenvalue weighted by molar-refractivity contribution is 5.81. The fourth-order valence-corrected chi connectivity index (χ4v) is 1.90. The van der Waals surface area contributed by atoms with Gasteiger partial charge in [-0.2, -0.15) is 0 Å². The average molecular weight is 319 g/mol. The molecule has 0 aliphatic heterocycles. The van der Waals surface area contributed by atoms with Crippen LogP contribution in [0.3, 0.4) is 0 Å². The van der Waals surface area contributed by atoms with Crippen LogP contribution in [0.1, 0.15) is 26.3 Å². The lowest BCUT2D eigenvalue weighted by Gasteiger charge is -2.24. The largest absolute Gasteiger partial charge is 0.466 e. The third kappa shape index (κ3) is 8.16. The first-order valence-electron chi connectivity index (χ1n) is 7.56. The van der Waals surface area contributed by atoms with Crippen molar-refractivity contribution in [3.63, 3.8) is 0 Å². The Morgan fingerprint density at radius 3 is 2.43 bits per heavy atom. The highest BCUT2D eigenvalue weighted by Crippen LogP contribution is 2.11. The number of carbonyl (C=O) groups excluding carboxylic acids is 2. The lowest BCUT2D eigenvalue weighted by atomic mass is 10.1. The minimum absolute atomic E-state index is 0.312. The molecule has 1 aromatic carbocycles. The molecule has 5 heteroatoms. The van der Waals surface area contributed by atoms with Crippen molar-refractivity contribution in [2.45, 2.75) is 38.8 Å². The first kappa shape index (κ1) is 18.9. The molecule has 0 aliphatic rings. The molecule has 1 rings (SSSR count). The Balaban J connectivity index is 2.70. The van der Waals surface area contributed by atoms with Crippen LogP contribution in [-0.4, -0.2) is 37.2 Å². The fourth-order valence-electron chi connectivity index (χ4n) is 1.90. The third-order valence-electron chi connectivity index (χ3n) is 2.91. The van der Waals surface area contributed by atoms with Gasteiger partial charge in [0.25, 0.3) is 0 Å². The van der Waals surface area contributed by atoms with E-state index in [-0.39, 0.29) is 5.97 Å². The fraction of sp³-hybridized carbons (Fsp3) is 0.444. The van der Waals surface area contributed by atoms with Crippen molar-refractivity contribution in [3.05, 3.63) is 48.0 Å². The number of benzene rings is 1. The smallest absolute Gasteiger partial charge is 0.330 e. The van der Waals surface area contributed by atoms with Gasteiger partial charge in [-0.3, -0.25) is 4.79 Å². The van der Waals surface area contributed by atoms with E-state index in [0.717, 1.165) is 5.56 Å². The maximum absolute atomic E-state index is 12.3. The van der Waals surface area contributed by atoms with E-state index >= 15 is 0 Å². The van der Waals surface area contributed by atoms with Crippen molar-refractivity contribution >= 4 is 11.9 Å². The molecule has 1 aromatic rings. The van der Waals surface area contributed by atoms with Gasteiger partial charge in [-0.15, -0.1) is 0 Å². The predicted octanol–water partition coefficient (Wildman–Crippen LogP) is 2.26. The molecular formula is C18H25NO4. The Hall–Kier alpha value is -2.14. The molecule has 1 N–H and O–H groups in total. The molecule has 23 heavy (non-hydrogen) atoms. The maximum Gasteiger partial charge on any atom is 0.330 e. The summed E-state index contributed by atoms with van der Waals surface area (Å²) in [6, 6.07) is 9.22. The molecule has 0 heterocycles. The van der Waals surface area contributed by atoms with Gasteiger partial charge in [0.1, 0.15) is 11.6 Å². The van der Waals surface area contributed by atoms with E-state index < -0.39 is 17.6 Å². The summed E-state index contributed by atoms with van der Waals surface area (Å²) in [4.78, 5) is 23.4. The molecule has 0 bridgehead atoms. The van der Waals surface area contributed by atoms with E-state index in [9.17, 15) is 9.59 Å². The van der Waals surface area contributed by atoms with Crippen molar-refractivity contribution in [1.29, 1.82) is 0 Å². The van der Waals surface area contributed by atoms with E-state index in [0.29, 0.717) is 13.0 Å². The number of esters is 2. The summed E-state index contributed by atoms with van der Waals surface area (Å²) in [7, 11) is 1.32. The molecule has 0 aliphatic carbocycles. The molecule has 0 saturated heterocycles. The zero-order valence-electron chi connectivity index (χ0n) is 14.2. The van der Waals surface area contributed by atoms with Crippen molar-refractivity contribution in [2.75, 3.05) is 13.7 Å². The summed E-state index contributed by atoms with van der Waals surface area (Å²) in [6.45, 7) is 5.87. The Labute approximate surface area is 137 Å². The van der Waals surface area contributed by atoms with Gasteiger partial charge in [0.15, 0.2) is 0 Å². The first-order valence-corrected chi connectivity index (χ1v) is 7.56. The lowest BCUT2D eigenvalue weighted by molar-refractivity contribution is -0.157. The quantitative estimate of drug-likeness (QED) is 0.617. The Morgan fingerprint density at radius 2 is 1.87 bits per heavy atom. The van der Waals surface area contributed by atoms with Crippen LogP contribution in [-0.2, 0) is 25.5 Å². The number of hydrogen-bond acceptors (Lipinski definition) is 5. The zero-order chi connectivity index (χ0) is 17.3. The van der Waals surface area contributed by atoms with Crippen molar-refractivity contribution in [1.82, 2.24) is 5.32 Å². The van der Waals surface area contributed by atoms with Gasteiger partial charge in [-0.05, 0) is 32.8 Å². The van der Waals surface area contributed by atoms with E-state index in [1.807, 2.05) is 51.1 Å². The normalized spacial score (nSPS) is 12.9. The van der Waals surface area contributed by atoms with Gasteiger partial charge in [0.2, 0.25) is 0 Å². The van der Waals surface area contributed by atoms with Crippen molar-refractivity contribution in [2.24, 2.45) is 0 Å². The summed E-state index contributed by atoms with van der Waals surface area (Å²) in [6.07, 6.45) is 3.46. The number of hydrogen-bond donors (Lipinski definition) is 1. The predicted molar refractivity (Wildman–Crippen MR) is 88.9 cm³/mol. The molecular weight excluding hydrogens is 294 g/mol. The van der Waals surface area contributed by atoms with Gasteiger partial charge in [0.05, 0.1) is 7.11 Å². The Bertz CT molecular complexity index is 532. The van der Waals surface area contributed by atoms with Crippen LogP contribution in [0, 0.1) is 0 Å². The van der Waals surface area contributed by atoms with Gasteiger partial charge in [-0.25, -0.2) is 4.79 Å². The molecule has 126 valence electrons. The van der Waals surface area contributed by atoms with Gasteiger partial charge >= 0.3 is 11.9 Å². The maximum atomic E-state index is 12.3. The lowest BCUT2D eigenvalue weighted by Crippen LogP contribution is -2.42. The topological polar surface area (TPSA) is 64.6 Å². The standard InChI is InChI=1S/C18H25NO4/c1-18(2,3)23-17(21)15(13-14-9-6-5-7-10-14)19-12-8-11-16(20)22-4/h5-11,15,19H,12-13H2,1-4H3/t15-/m0/s1. The molecule has 0 radical (unpaired) electrons. The summed E-state index contributed by atoms with van der Waals surface area (Å²) in [5.74, 6) is -0.739. The monoisotopic (exact) mass is 319 g/mol. The minimum Gasteiger partial charge on any atom is -0.466 e. The molecule has 0 fully saturated rings. The second-order valence-electron chi connectivity index (χ2n) is 6.11. The Kier molecular flexibility index (Phi) is 7.48. The van der Waals surface area contributed by atoms with Crippen molar-refractivity contribution in [3.8, 4) is 0 Å². The summed E-state index contributed by atoms with van der Waals surface area (Å²) in [5, 5.41) is 3.10. The molecule has 0 amide bonds. The minimum atomic E-state index is -0.546. The number of carbonyl (C=O) groups is 2. The number of ether oxygens (including phenoxy) is 2. The van der Waals surface area contributed by atoms with E-state index in [4.69, 9.17) is 4.74 Å². The highest BCUT2D eigenvalue weighted by atomic mass is 16.6. The molecule has 0 saturated carbocycles. The third-order valence-corrected chi connectivity index (χ3v) is 2.91. The van der Waals surface area contributed by atoms with E-state index in [1.165, 1.54) is 13.2 Å². The molecule has 0 spiro atoms. The summed E-state index contributed by atoms with van der Waals surface area (Å²) < 4.78 is 9.98. The molecule has 0 unspecified atom stereocenters. The van der Waals surface area contributed by atoms with Crippen LogP contribution >= 0.6 is 0 Å². The molecule has 1 atom stereocenters. The van der Waals surface area contributed by atoms with E-state index in [1.54, 1.807) is 6.08 Å². The van der Waals surface area contributed by atoms with E-state index in [2.05, 4.69) is 10.1 Å². The van der Waals surface area contributed by atoms with Gasteiger partial charge in [0, 0.05) is 12.6 Å². The number of rotatable bonds is 7. The second kappa shape index (κ2) is 9.10. The van der Waals surface area contributed by atoms with Crippen LogP contribution < -0.4 is 5.32 Å². The average Bonchev–Trinajstić information content (AvgIpc) is 2.49. The number of methoxy groups -OCH3 is 1. The van der Waals surface area contributed by atoms with Gasteiger partial charge < -0.3 is 14.8 Å². The molecule has 5 nitrogen and oxygen atoms in total.